The second-order valence-electron chi connectivity index (χ2n) is 6.59. The van der Waals surface area contributed by atoms with E-state index in [-0.39, 0.29) is 6.03 Å². The molecule has 30 heavy (non-hydrogen) atoms. The molecule has 0 spiro atoms. The summed E-state index contributed by atoms with van der Waals surface area (Å²) >= 11 is 4.22. The van der Waals surface area contributed by atoms with Crippen LogP contribution in [0, 0.1) is 0 Å². The number of carbonyl (C=O) groups is 1. The minimum atomic E-state index is -0.361. The number of thiol groups is 1. The molecule has 4 aromatic rings. The quantitative estimate of drug-likeness (QED) is 0.338. The predicted octanol–water partition coefficient (Wildman–Crippen LogP) is 2.90. The molecule has 0 aliphatic heterocycles. The average molecular weight is 421 g/mol. The Morgan fingerprint density at radius 2 is 2.10 bits per heavy atom. The van der Waals surface area contributed by atoms with Crippen LogP contribution in [-0.4, -0.2) is 37.3 Å². The lowest BCUT2D eigenvalue weighted by Crippen LogP contribution is -2.34. The second kappa shape index (κ2) is 8.37. The van der Waals surface area contributed by atoms with Crippen LogP contribution >= 0.6 is 12.8 Å². The molecular formula is C20H20N8OS. The van der Waals surface area contributed by atoms with Gasteiger partial charge in [-0.05, 0) is 36.8 Å². The van der Waals surface area contributed by atoms with Crippen molar-refractivity contribution in [3.8, 4) is 11.3 Å². The molecule has 3 heterocycles. The Kier molecular flexibility index (Phi) is 5.48. The molecule has 1 aromatic carbocycles. The zero-order valence-corrected chi connectivity index (χ0v) is 17.1. The summed E-state index contributed by atoms with van der Waals surface area (Å²) in [5.74, 6) is 0.362. The van der Waals surface area contributed by atoms with Crippen molar-refractivity contribution >= 4 is 41.5 Å². The predicted molar refractivity (Wildman–Crippen MR) is 119 cm³/mol. The van der Waals surface area contributed by atoms with Gasteiger partial charge in [0.15, 0.2) is 5.65 Å². The number of nitrogens with zero attached hydrogens (tertiary/aromatic N) is 6. The lowest BCUT2D eigenvalue weighted by molar-refractivity contribution is 0.250. The third kappa shape index (κ3) is 4.18. The summed E-state index contributed by atoms with van der Waals surface area (Å²) in [6, 6.07) is 10.7. The Balaban J connectivity index is 1.60. The number of hydrogen-bond donors (Lipinski definition) is 3. The van der Waals surface area contributed by atoms with Crippen LogP contribution in [0.15, 0.2) is 55.0 Å². The molecule has 0 aliphatic rings. The maximum Gasteiger partial charge on any atom is 0.333 e. The van der Waals surface area contributed by atoms with Crippen molar-refractivity contribution < 1.29 is 4.79 Å². The van der Waals surface area contributed by atoms with Crippen molar-refractivity contribution in [3.63, 3.8) is 0 Å². The SMILES string of the molecule is CCNC(=O)N(S)c1ccc2ncc(-c3cnn(Cc4cccc(N)c4)c3)nc2n1. The topological polar surface area (TPSA) is 115 Å². The van der Waals surface area contributed by atoms with Gasteiger partial charge in [-0.15, -0.1) is 0 Å². The van der Waals surface area contributed by atoms with E-state index in [1.807, 2.05) is 42.1 Å². The number of nitrogens with one attached hydrogen (secondary N) is 1. The van der Waals surface area contributed by atoms with Crippen LogP contribution in [0.5, 0.6) is 0 Å². The van der Waals surface area contributed by atoms with E-state index < -0.39 is 0 Å². The van der Waals surface area contributed by atoms with Crippen molar-refractivity contribution in [3.05, 3.63) is 60.6 Å². The monoisotopic (exact) mass is 420 g/mol. The van der Waals surface area contributed by atoms with Crippen LogP contribution in [0.25, 0.3) is 22.4 Å². The molecule has 0 atom stereocenters. The first kappa shape index (κ1) is 19.6. The first-order valence-electron chi connectivity index (χ1n) is 9.31. The Labute approximate surface area is 178 Å². The largest absolute Gasteiger partial charge is 0.399 e. The number of nitrogen functional groups attached to an aromatic ring is 1. The molecular weight excluding hydrogens is 400 g/mol. The first-order valence-corrected chi connectivity index (χ1v) is 9.71. The summed E-state index contributed by atoms with van der Waals surface area (Å²) in [4.78, 5) is 25.4. The summed E-state index contributed by atoms with van der Waals surface area (Å²) in [6.45, 7) is 2.92. The van der Waals surface area contributed by atoms with Crippen LogP contribution in [0.2, 0.25) is 0 Å². The number of rotatable bonds is 5. The summed E-state index contributed by atoms with van der Waals surface area (Å²) in [5.41, 5.74) is 10.1. The number of amides is 2. The lowest BCUT2D eigenvalue weighted by atomic mass is 10.2. The number of aromatic nitrogens is 5. The van der Waals surface area contributed by atoms with Crippen molar-refractivity contribution in [2.24, 2.45) is 0 Å². The Bertz CT molecular complexity index is 1210. The molecule has 0 bridgehead atoms. The maximum absolute atomic E-state index is 12.0. The number of benzene rings is 1. The van der Waals surface area contributed by atoms with E-state index in [2.05, 4.69) is 38.2 Å². The van der Waals surface area contributed by atoms with Gasteiger partial charge in [0.1, 0.15) is 11.3 Å². The number of anilines is 2. The second-order valence-corrected chi connectivity index (χ2v) is 6.99. The van der Waals surface area contributed by atoms with E-state index >= 15 is 0 Å². The fourth-order valence-electron chi connectivity index (χ4n) is 2.94. The van der Waals surface area contributed by atoms with E-state index in [1.165, 1.54) is 0 Å². The van der Waals surface area contributed by atoms with Crippen molar-refractivity contribution in [2.75, 3.05) is 16.6 Å². The van der Waals surface area contributed by atoms with Gasteiger partial charge < -0.3 is 11.1 Å². The third-order valence-electron chi connectivity index (χ3n) is 4.35. The van der Waals surface area contributed by atoms with E-state index in [0.717, 1.165) is 15.4 Å². The van der Waals surface area contributed by atoms with Crippen LogP contribution < -0.4 is 15.4 Å². The number of urea groups is 1. The zero-order valence-electron chi connectivity index (χ0n) is 16.2. The average Bonchev–Trinajstić information content (AvgIpc) is 3.21. The summed E-state index contributed by atoms with van der Waals surface area (Å²) < 4.78 is 2.95. The third-order valence-corrected chi connectivity index (χ3v) is 4.74. The molecule has 152 valence electrons. The number of carbonyl (C=O) groups excluding carboxylic acids is 1. The smallest absolute Gasteiger partial charge is 0.333 e. The molecule has 3 N–H and O–H groups in total. The molecule has 3 aromatic heterocycles. The summed E-state index contributed by atoms with van der Waals surface area (Å²) in [6.07, 6.45) is 5.29. The van der Waals surface area contributed by atoms with Crippen LogP contribution in [0.3, 0.4) is 0 Å². The van der Waals surface area contributed by atoms with E-state index in [4.69, 9.17) is 5.73 Å². The van der Waals surface area contributed by atoms with E-state index in [0.29, 0.717) is 41.5 Å². The van der Waals surface area contributed by atoms with Gasteiger partial charge in [0.25, 0.3) is 0 Å². The van der Waals surface area contributed by atoms with Crippen molar-refractivity contribution in [2.45, 2.75) is 13.5 Å². The van der Waals surface area contributed by atoms with E-state index in [9.17, 15) is 4.79 Å². The lowest BCUT2D eigenvalue weighted by Gasteiger charge is -2.14. The van der Waals surface area contributed by atoms with Crippen LogP contribution in [-0.2, 0) is 6.54 Å². The van der Waals surface area contributed by atoms with Gasteiger partial charge in [-0.1, -0.05) is 24.9 Å². The molecule has 0 saturated heterocycles. The Morgan fingerprint density at radius 1 is 1.23 bits per heavy atom. The highest BCUT2D eigenvalue weighted by Crippen LogP contribution is 2.21. The maximum atomic E-state index is 12.0. The minimum Gasteiger partial charge on any atom is -0.399 e. The van der Waals surface area contributed by atoms with Gasteiger partial charge >= 0.3 is 6.03 Å². The molecule has 0 fully saturated rings. The number of pyridine rings is 1. The summed E-state index contributed by atoms with van der Waals surface area (Å²) in [7, 11) is 0. The number of hydrogen-bond acceptors (Lipinski definition) is 7. The molecule has 9 nitrogen and oxygen atoms in total. The van der Waals surface area contributed by atoms with Gasteiger partial charge in [0, 0.05) is 24.0 Å². The number of fused-ring (bicyclic) bond motifs is 1. The van der Waals surface area contributed by atoms with Gasteiger partial charge in [-0.3, -0.25) is 9.67 Å². The summed E-state index contributed by atoms with van der Waals surface area (Å²) in [5, 5.41) is 7.07. The van der Waals surface area contributed by atoms with Crippen LogP contribution in [0.4, 0.5) is 16.3 Å². The molecule has 0 unspecified atom stereocenters. The van der Waals surface area contributed by atoms with Crippen molar-refractivity contribution in [1.82, 2.24) is 30.0 Å². The van der Waals surface area contributed by atoms with Gasteiger partial charge in [-0.2, -0.15) is 5.10 Å². The molecule has 10 heteroatoms. The number of nitrogens with two attached hydrogens (primary N) is 1. The minimum absolute atomic E-state index is 0.361. The highest BCUT2D eigenvalue weighted by Gasteiger charge is 2.14. The van der Waals surface area contributed by atoms with Gasteiger partial charge in [-0.25, -0.2) is 19.1 Å². The fourth-order valence-corrected chi connectivity index (χ4v) is 3.12. The van der Waals surface area contributed by atoms with Gasteiger partial charge in [0.2, 0.25) is 0 Å². The normalized spacial score (nSPS) is 10.9. The molecule has 0 radical (unpaired) electrons. The molecule has 0 aliphatic carbocycles. The van der Waals surface area contributed by atoms with E-state index in [1.54, 1.807) is 24.5 Å². The van der Waals surface area contributed by atoms with Crippen molar-refractivity contribution in [1.29, 1.82) is 0 Å². The van der Waals surface area contributed by atoms with Crippen LogP contribution in [0.1, 0.15) is 12.5 Å². The molecule has 0 saturated carbocycles. The zero-order chi connectivity index (χ0) is 21.1. The highest BCUT2D eigenvalue weighted by atomic mass is 32.1. The fraction of sp³-hybridized carbons (Fsp3) is 0.150. The Morgan fingerprint density at radius 3 is 2.90 bits per heavy atom. The molecule has 2 amide bonds. The standard InChI is InChI=1S/C20H20N8OS/c1-2-22-20(29)28(30)18-7-6-16-19(26-18)25-17(10-23-16)14-9-24-27(12-14)11-13-4-3-5-15(21)8-13/h3-10,12,30H,2,11,21H2,1H3,(H,22,29). The van der Waals surface area contributed by atoms with Gasteiger partial charge in [0.05, 0.1) is 24.6 Å². The first-order chi connectivity index (χ1) is 14.5. The highest BCUT2D eigenvalue weighted by molar-refractivity contribution is 7.82. The molecule has 4 rings (SSSR count). The Hall–Kier alpha value is -3.66.